The first-order valence-electron chi connectivity index (χ1n) is 6.43. The van der Waals surface area contributed by atoms with Gasteiger partial charge >= 0.3 is 0 Å². The molecule has 0 unspecified atom stereocenters. The second kappa shape index (κ2) is 4.38. The summed E-state index contributed by atoms with van der Waals surface area (Å²) in [5.74, 6) is 2.04. The molecule has 0 aliphatic heterocycles. The molecule has 6 heteroatoms. The van der Waals surface area contributed by atoms with Crippen molar-refractivity contribution in [3.8, 4) is 0 Å². The van der Waals surface area contributed by atoms with Gasteiger partial charge in [0.1, 0.15) is 11.0 Å². The van der Waals surface area contributed by atoms with Crippen LogP contribution in [0.15, 0.2) is 22.7 Å². The molecular formula is C13H12N4OS. The smallest absolute Gasteiger partial charge is 0.231 e. The summed E-state index contributed by atoms with van der Waals surface area (Å²) >= 11 is 1.23. The Kier molecular flexibility index (Phi) is 2.55. The predicted molar refractivity (Wildman–Crippen MR) is 71.1 cm³/mol. The number of nitrogens with zero attached hydrogens (tertiary/aromatic N) is 4. The maximum atomic E-state index is 5.35. The van der Waals surface area contributed by atoms with E-state index in [4.69, 9.17) is 4.52 Å². The summed E-state index contributed by atoms with van der Waals surface area (Å²) in [6.45, 7) is 0. The topological polar surface area (TPSA) is 64.7 Å². The molecule has 5 nitrogen and oxygen atoms in total. The van der Waals surface area contributed by atoms with Crippen molar-refractivity contribution in [2.24, 2.45) is 0 Å². The predicted octanol–water partition coefficient (Wildman–Crippen LogP) is 2.93. The molecule has 1 aliphatic rings. The fourth-order valence-electron chi connectivity index (χ4n) is 2.34. The number of hydrogen-bond donors (Lipinski definition) is 0. The van der Waals surface area contributed by atoms with E-state index < -0.39 is 0 Å². The average Bonchev–Trinajstić information content (AvgIpc) is 2.96. The Morgan fingerprint density at radius 3 is 3.05 bits per heavy atom. The van der Waals surface area contributed by atoms with Crippen LogP contribution in [0.25, 0.3) is 11.0 Å². The second-order valence-electron chi connectivity index (χ2n) is 4.90. The summed E-state index contributed by atoms with van der Waals surface area (Å²) in [6, 6.07) is 6.00. The highest BCUT2D eigenvalue weighted by atomic mass is 32.1. The maximum Gasteiger partial charge on any atom is 0.231 e. The first-order valence-corrected chi connectivity index (χ1v) is 7.16. The van der Waals surface area contributed by atoms with Gasteiger partial charge in [-0.3, -0.25) is 0 Å². The first kappa shape index (κ1) is 11.0. The van der Waals surface area contributed by atoms with Gasteiger partial charge in [0.05, 0.1) is 18.1 Å². The lowest BCUT2D eigenvalue weighted by molar-refractivity contribution is 0.350. The van der Waals surface area contributed by atoms with Crippen LogP contribution in [-0.4, -0.2) is 18.9 Å². The van der Waals surface area contributed by atoms with Crippen LogP contribution in [0.5, 0.6) is 0 Å². The van der Waals surface area contributed by atoms with Gasteiger partial charge < -0.3 is 4.52 Å². The third-order valence-corrected chi connectivity index (χ3v) is 4.21. The molecule has 0 atom stereocenters. The molecule has 1 aliphatic carbocycles. The Morgan fingerprint density at radius 1 is 1.26 bits per heavy atom. The molecule has 0 saturated heterocycles. The molecule has 3 aromatic rings. The molecule has 1 saturated carbocycles. The van der Waals surface area contributed by atoms with E-state index in [2.05, 4.69) is 18.9 Å². The normalized spacial score (nSPS) is 15.8. The van der Waals surface area contributed by atoms with Crippen molar-refractivity contribution in [3.63, 3.8) is 0 Å². The molecule has 96 valence electrons. The Hall–Kier alpha value is -1.82. The van der Waals surface area contributed by atoms with Crippen molar-refractivity contribution in [1.29, 1.82) is 0 Å². The third kappa shape index (κ3) is 1.92. The molecule has 1 fully saturated rings. The van der Waals surface area contributed by atoms with Crippen molar-refractivity contribution in [2.75, 3.05) is 0 Å². The SMILES string of the molecule is c1cc(Cc2nc(C3CCC3)no2)c2nsnc2c1. The van der Waals surface area contributed by atoms with Gasteiger partial charge in [0.2, 0.25) is 5.89 Å². The second-order valence-corrected chi connectivity index (χ2v) is 5.43. The Labute approximate surface area is 114 Å². The first-order chi connectivity index (χ1) is 9.40. The van der Waals surface area contributed by atoms with Crippen molar-refractivity contribution >= 4 is 22.8 Å². The number of aromatic nitrogens is 4. The lowest BCUT2D eigenvalue weighted by atomic mass is 9.85. The zero-order valence-corrected chi connectivity index (χ0v) is 11.1. The number of fused-ring (bicyclic) bond motifs is 1. The van der Waals surface area contributed by atoms with Gasteiger partial charge in [-0.2, -0.15) is 13.7 Å². The molecule has 0 spiro atoms. The Morgan fingerprint density at radius 2 is 2.21 bits per heavy atom. The van der Waals surface area contributed by atoms with Gasteiger partial charge in [0, 0.05) is 5.92 Å². The van der Waals surface area contributed by atoms with Crippen LogP contribution in [0.4, 0.5) is 0 Å². The molecule has 0 radical (unpaired) electrons. The van der Waals surface area contributed by atoms with Crippen LogP contribution in [0, 0.1) is 0 Å². The summed E-state index contributed by atoms with van der Waals surface area (Å²) in [4.78, 5) is 4.50. The zero-order chi connectivity index (χ0) is 12.7. The molecule has 0 amide bonds. The fourth-order valence-corrected chi connectivity index (χ4v) is 2.91. The van der Waals surface area contributed by atoms with Crippen LogP contribution in [0.3, 0.4) is 0 Å². The van der Waals surface area contributed by atoms with Crippen molar-refractivity contribution in [3.05, 3.63) is 35.5 Å². The molecule has 1 aromatic carbocycles. The molecule has 2 aromatic heterocycles. The Balaban J connectivity index is 1.63. The summed E-state index contributed by atoms with van der Waals surface area (Å²) in [7, 11) is 0. The van der Waals surface area contributed by atoms with Crippen molar-refractivity contribution < 1.29 is 4.52 Å². The van der Waals surface area contributed by atoms with E-state index in [9.17, 15) is 0 Å². The minimum atomic E-state index is 0.509. The summed E-state index contributed by atoms with van der Waals surface area (Å²) in [5.41, 5.74) is 2.96. The van der Waals surface area contributed by atoms with Gasteiger partial charge in [-0.05, 0) is 24.5 Å². The van der Waals surface area contributed by atoms with Gasteiger partial charge in [0.25, 0.3) is 0 Å². The largest absolute Gasteiger partial charge is 0.339 e. The summed E-state index contributed by atoms with van der Waals surface area (Å²) in [5, 5.41) is 4.08. The molecule has 0 N–H and O–H groups in total. The van der Waals surface area contributed by atoms with E-state index in [0.717, 1.165) is 22.4 Å². The van der Waals surface area contributed by atoms with E-state index in [1.807, 2.05) is 18.2 Å². The van der Waals surface area contributed by atoms with Crippen molar-refractivity contribution in [1.82, 2.24) is 18.9 Å². The van der Waals surface area contributed by atoms with Crippen molar-refractivity contribution in [2.45, 2.75) is 31.6 Å². The van der Waals surface area contributed by atoms with E-state index in [1.165, 1.54) is 31.0 Å². The molecule has 2 heterocycles. The number of benzene rings is 1. The van der Waals surface area contributed by atoms with Gasteiger partial charge in [0.15, 0.2) is 5.82 Å². The average molecular weight is 272 g/mol. The van der Waals surface area contributed by atoms with Crippen LogP contribution in [-0.2, 0) is 6.42 Å². The Bertz CT molecular complexity index is 716. The van der Waals surface area contributed by atoms with Gasteiger partial charge in [-0.25, -0.2) is 0 Å². The fraction of sp³-hybridized carbons (Fsp3) is 0.385. The van der Waals surface area contributed by atoms with Crippen LogP contribution < -0.4 is 0 Å². The van der Waals surface area contributed by atoms with E-state index >= 15 is 0 Å². The highest BCUT2D eigenvalue weighted by Crippen LogP contribution is 2.34. The number of hydrogen-bond acceptors (Lipinski definition) is 6. The monoisotopic (exact) mass is 272 g/mol. The summed E-state index contributed by atoms with van der Waals surface area (Å²) in [6.07, 6.45) is 4.27. The highest BCUT2D eigenvalue weighted by Gasteiger charge is 2.24. The zero-order valence-electron chi connectivity index (χ0n) is 10.2. The molecule has 0 bridgehead atoms. The minimum absolute atomic E-state index is 0.509. The van der Waals surface area contributed by atoms with E-state index in [1.54, 1.807) is 0 Å². The maximum absolute atomic E-state index is 5.35. The lowest BCUT2D eigenvalue weighted by Gasteiger charge is -2.20. The lowest BCUT2D eigenvalue weighted by Crippen LogP contribution is -2.10. The van der Waals surface area contributed by atoms with Crippen LogP contribution in [0.1, 0.15) is 42.5 Å². The van der Waals surface area contributed by atoms with Gasteiger partial charge in [-0.1, -0.05) is 23.7 Å². The van der Waals surface area contributed by atoms with Crippen LogP contribution >= 0.6 is 11.7 Å². The summed E-state index contributed by atoms with van der Waals surface area (Å²) < 4.78 is 13.9. The third-order valence-electron chi connectivity index (χ3n) is 3.67. The van der Waals surface area contributed by atoms with E-state index in [-0.39, 0.29) is 0 Å². The van der Waals surface area contributed by atoms with Crippen LogP contribution in [0.2, 0.25) is 0 Å². The molecular weight excluding hydrogens is 260 g/mol. The standard InChI is InChI=1S/C13H12N4OS/c1-3-8(4-1)13-14-11(18-15-13)7-9-5-2-6-10-12(9)17-19-16-10/h2,5-6,8H,1,3-4,7H2. The minimum Gasteiger partial charge on any atom is -0.339 e. The molecule has 4 rings (SSSR count). The number of rotatable bonds is 3. The van der Waals surface area contributed by atoms with Gasteiger partial charge in [-0.15, -0.1) is 0 Å². The van der Waals surface area contributed by atoms with E-state index in [0.29, 0.717) is 18.2 Å². The highest BCUT2D eigenvalue weighted by molar-refractivity contribution is 7.00. The quantitative estimate of drug-likeness (QED) is 0.733. The molecule has 19 heavy (non-hydrogen) atoms.